The van der Waals surface area contributed by atoms with Crippen molar-refractivity contribution in [2.45, 2.75) is 24.9 Å². The lowest BCUT2D eigenvalue weighted by Crippen LogP contribution is -2.39. The number of carboxylic acid groups (broad SMARTS) is 1. The molecule has 4 rings (SSSR count). The maximum Gasteiger partial charge on any atom is 0.335 e. The SMILES string of the molecule is N[C@H]1Cn2c(nc3cc(C(=O)O)ccc32)C[C@@H]1c1cc(F)c(F)cc1F. The van der Waals surface area contributed by atoms with Gasteiger partial charge in [0.25, 0.3) is 0 Å². The molecule has 0 spiro atoms. The van der Waals surface area contributed by atoms with Crippen LogP contribution in [-0.2, 0) is 13.0 Å². The van der Waals surface area contributed by atoms with Gasteiger partial charge in [-0.05, 0) is 29.8 Å². The van der Waals surface area contributed by atoms with E-state index in [1.807, 2.05) is 4.57 Å². The van der Waals surface area contributed by atoms with E-state index in [2.05, 4.69) is 4.98 Å². The molecule has 1 aliphatic heterocycles. The van der Waals surface area contributed by atoms with Gasteiger partial charge in [-0.1, -0.05) is 0 Å². The molecule has 0 radical (unpaired) electrons. The molecule has 0 amide bonds. The van der Waals surface area contributed by atoms with E-state index in [1.165, 1.54) is 12.1 Å². The normalized spacial score (nSPS) is 19.5. The molecule has 134 valence electrons. The Bertz CT molecular complexity index is 1050. The van der Waals surface area contributed by atoms with Crippen molar-refractivity contribution in [1.82, 2.24) is 9.55 Å². The summed E-state index contributed by atoms with van der Waals surface area (Å²) in [6, 6.07) is 5.43. The summed E-state index contributed by atoms with van der Waals surface area (Å²) in [6.45, 7) is 0.307. The van der Waals surface area contributed by atoms with Gasteiger partial charge in [-0.15, -0.1) is 0 Å². The number of carbonyl (C=O) groups is 1. The number of fused-ring (bicyclic) bond motifs is 3. The van der Waals surface area contributed by atoms with Crippen LogP contribution in [0, 0.1) is 17.5 Å². The van der Waals surface area contributed by atoms with E-state index in [4.69, 9.17) is 10.8 Å². The van der Waals surface area contributed by atoms with Crippen molar-refractivity contribution < 1.29 is 23.1 Å². The highest BCUT2D eigenvalue weighted by Gasteiger charge is 2.32. The van der Waals surface area contributed by atoms with Crippen LogP contribution in [0.3, 0.4) is 0 Å². The third kappa shape index (κ3) is 2.53. The van der Waals surface area contributed by atoms with Crippen molar-refractivity contribution in [3.8, 4) is 0 Å². The van der Waals surface area contributed by atoms with Crippen molar-refractivity contribution in [2.24, 2.45) is 5.73 Å². The fourth-order valence-electron chi connectivity index (χ4n) is 3.52. The van der Waals surface area contributed by atoms with Gasteiger partial charge in [0.15, 0.2) is 11.6 Å². The number of nitrogens with zero attached hydrogens (tertiary/aromatic N) is 2. The first-order chi connectivity index (χ1) is 12.3. The zero-order valence-electron chi connectivity index (χ0n) is 13.4. The van der Waals surface area contributed by atoms with Crippen LogP contribution in [0.4, 0.5) is 13.2 Å². The molecule has 0 aliphatic carbocycles. The molecular formula is C18H14F3N3O2. The Morgan fingerprint density at radius 3 is 2.62 bits per heavy atom. The van der Waals surface area contributed by atoms with Gasteiger partial charge < -0.3 is 15.4 Å². The molecule has 0 unspecified atom stereocenters. The Labute approximate surface area is 145 Å². The number of hydrogen-bond acceptors (Lipinski definition) is 3. The lowest BCUT2D eigenvalue weighted by molar-refractivity contribution is 0.0697. The Morgan fingerprint density at radius 2 is 1.88 bits per heavy atom. The zero-order valence-corrected chi connectivity index (χ0v) is 13.4. The van der Waals surface area contributed by atoms with Gasteiger partial charge in [-0.2, -0.15) is 0 Å². The van der Waals surface area contributed by atoms with Gasteiger partial charge in [-0.25, -0.2) is 22.9 Å². The molecule has 2 heterocycles. The third-order valence-electron chi connectivity index (χ3n) is 4.83. The molecule has 8 heteroatoms. The van der Waals surface area contributed by atoms with E-state index in [-0.39, 0.29) is 17.5 Å². The summed E-state index contributed by atoms with van der Waals surface area (Å²) in [5.74, 6) is -4.24. The Morgan fingerprint density at radius 1 is 1.15 bits per heavy atom. The van der Waals surface area contributed by atoms with Crippen molar-refractivity contribution in [1.29, 1.82) is 0 Å². The molecule has 0 bridgehead atoms. The molecule has 0 saturated carbocycles. The highest BCUT2D eigenvalue weighted by atomic mass is 19.2. The van der Waals surface area contributed by atoms with Crippen LogP contribution >= 0.6 is 0 Å². The fourth-order valence-corrected chi connectivity index (χ4v) is 3.52. The lowest BCUT2D eigenvalue weighted by Gasteiger charge is -2.30. The number of rotatable bonds is 2. The summed E-state index contributed by atoms with van der Waals surface area (Å²) in [7, 11) is 0. The Balaban J connectivity index is 1.78. The molecule has 3 N–H and O–H groups in total. The Kier molecular flexibility index (Phi) is 3.73. The minimum absolute atomic E-state index is 0.0148. The number of nitrogens with two attached hydrogens (primary N) is 1. The molecule has 0 saturated heterocycles. The van der Waals surface area contributed by atoms with Crippen LogP contribution in [0.25, 0.3) is 11.0 Å². The van der Waals surface area contributed by atoms with Crippen LogP contribution in [-0.4, -0.2) is 26.7 Å². The monoisotopic (exact) mass is 361 g/mol. The molecule has 2 atom stereocenters. The predicted octanol–water partition coefficient (Wildman–Crippen LogP) is 2.82. The number of halogens is 3. The van der Waals surface area contributed by atoms with Crippen LogP contribution in [0.2, 0.25) is 0 Å². The average Bonchev–Trinajstić information content (AvgIpc) is 2.94. The van der Waals surface area contributed by atoms with E-state index in [0.29, 0.717) is 24.0 Å². The van der Waals surface area contributed by atoms with Crippen LogP contribution in [0.5, 0.6) is 0 Å². The van der Waals surface area contributed by atoms with E-state index < -0.39 is 35.4 Å². The smallest absolute Gasteiger partial charge is 0.335 e. The van der Waals surface area contributed by atoms with Crippen molar-refractivity contribution in [3.05, 3.63) is 64.7 Å². The van der Waals surface area contributed by atoms with Gasteiger partial charge in [0.2, 0.25) is 0 Å². The average molecular weight is 361 g/mol. The van der Waals surface area contributed by atoms with Crippen LogP contribution in [0.15, 0.2) is 30.3 Å². The quantitative estimate of drug-likeness (QED) is 0.688. The first kappa shape index (κ1) is 16.6. The number of imidazole rings is 1. The van der Waals surface area contributed by atoms with Crippen molar-refractivity contribution >= 4 is 17.0 Å². The van der Waals surface area contributed by atoms with E-state index >= 15 is 0 Å². The molecular weight excluding hydrogens is 347 g/mol. The molecule has 1 aliphatic rings. The van der Waals surface area contributed by atoms with Crippen LogP contribution in [0.1, 0.15) is 27.7 Å². The summed E-state index contributed by atoms with van der Waals surface area (Å²) >= 11 is 0. The van der Waals surface area contributed by atoms with Gasteiger partial charge in [0.05, 0.1) is 16.6 Å². The number of aromatic carboxylic acids is 1. The minimum Gasteiger partial charge on any atom is -0.478 e. The van der Waals surface area contributed by atoms with Gasteiger partial charge in [-0.3, -0.25) is 0 Å². The van der Waals surface area contributed by atoms with Crippen molar-refractivity contribution in [3.63, 3.8) is 0 Å². The molecule has 26 heavy (non-hydrogen) atoms. The van der Waals surface area contributed by atoms with E-state index in [0.717, 1.165) is 11.6 Å². The molecule has 1 aromatic heterocycles. The van der Waals surface area contributed by atoms with Gasteiger partial charge in [0, 0.05) is 31.0 Å². The summed E-state index contributed by atoms with van der Waals surface area (Å²) in [6.07, 6.45) is 0.236. The first-order valence-electron chi connectivity index (χ1n) is 7.97. The summed E-state index contributed by atoms with van der Waals surface area (Å²) in [4.78, 5) is 15.5. The number of carboxylic acids is 1. The largest absolute Gasteiger partial charge is 0.478 e. The Hall–Kier alpha value is -2.87. The van der Waals surface area contributed by atoms with Gasteiger partial charge in [0.1, 0.15) is 11.6 Å². The molecule has 2 aromatic carbocycles. The second-order valence-electron chi connectivity index (χ2n) is 6.41. The second kappa shape index (κ2) is 5.84. The fraction of sp³-hybridized carbons (Fsp3) is 0.222. The van der Waals surface area contributed by atoms with Gasteiger partial charge >= 0.3 is 5.97 Å². The van der Waals surface area contributed by atoms with E-state index in [9.17, 15) is 18.0 Å². The second-order valence-corrected chi connectivity index (χ2v) is 6.41. The number of hydrogen-bond donors (Lipinski definition) is 2. The van der Waals surface area contributed by atoms with Crippen molar-refractivity contribution in [2.75, 3.05) is 0 Å². The lowest BCUT2D eigenvalue weighted by atomic mass is 9.86. The number of benzene rings is 2. The van der Waals surface area contributed by atoms with Crippen LogP contribution < -0.4 is 5.73 Å². The standard InChI is InChI=1S/C18H14F3N3O2/c19-11-6-13(21)12(20)4-9(11)10-5-17-23-15-3-8(18(25)26)1-2-16(15)24(17)7-14(10)22/h1-4,6,10,14H,5,7,22H2,(H,25,26)/t10-,14+/m1/s1. The summed E-state index contributed by atoms with van der Waals surface area (Å²) in [5.41, 5.74) is 7.54. The predicted molar refractivity (Wildman–Crippen MR) is 87.4 cm³/mol. The first-order valence-corrected chi connectivity index (χ1v) is 7.97. The molecule has 0 fully saturated rings. The highest BCUT2D eigenvalue weighted by Crippen LogP contribution is 2.33. The minimum atomic E-state index is -1.25. The number of aromatic nitrogens is 2. The zero-order chi connectivity index (χ0) is 18.6. The highest BCUT2D eigenvalue weighted by molar-refractivity contribution is 5.92. The third-order valence-corrected chi connectivity index (χ3v) is 4.83. The molecule has 5 nitrogen and oxygen atoms in total. The maximum atomic E-state index is 14.2. The summed E-state index contributed by atoms with van der Waals surface area (Å²) < 4.78 is 42.8. The topological polar surface area (TPSA) is 81.1 Å². The maximum absolute atomic E-state index is 14.2. The summed E-state index contributed by atoms with van der Waals surface area (Å²) in [5, 5.41) is 9.10. The molecule has 3 aromatic rings. The van der Waals surface area contributed by atoms with E-state index in [1.54, 1.807) is 6.07 Å².